The molecule has 1 aliphatic rings. The number of hydrogen-bond acceptors (Lipinski definition) is 3. The SMILES string of the molecule is CC(C)(C)OC(=O)C1(C)OC1(C)c1ccccc1. The van der Waals surface area contributed by atoms with Gasteiger partial charge >= 0.3 is 5.97 Å². The fourth-order valence-electron chi connectivity index (χ4n) is 2.09. The molecule has 0 aromatic heterocycles. The maximum atomic E-state index is 12.2. The Bertz CT molecular complexity index is 460. The summed E-state index contributed by atoms with van der Waals surface area (Å²) in [4.78, 5) is 12.2. The van der Waals surface area contributed by atoms with Gasteiger partial charge in [-0.1, -0.05) is 30.3 Å². The molecule has 1 fully saturated rings. The highest BCUT2D eigenvalue weighted by molar-refractivity contribution is 5.85. The van der Waals surface area contributed by atoms with E-state index in [1.165, 1.54) is 0 Å². The highest BCUT2D eigenvalue weighted by Crippen LogP contribution is 2.56. The van der Waals surface area contributed by atoms with Crippen molar-refractivity contribution in [3.8, 4) is 0 Å². The molecule has 0 radical (unpaired) electrons. The van der Waals surface area contributed by atoms with Gasteiger partial charge in [-0.2, -0.15) is 0 Å². The Labute approximate surface area is 108 Å². The minimum Gasteiger partial charge on any atom is -0.458 e. The van der Waals surface area contributed by atoms with Crippen LogP contribution in [0, 0.1) is 0 Å². The Hall–Kier alpha value is -1.35. The summed E-state index contributed by atoms with van der Waals surface area (Å²) in [5.74, 6) is -0.304. The lowest BCUT2D eigenvalue weighted by Crippen LogP contribution is -2.36. The Morgan fingerprint density at radius 3 is 2.22 bits per heavy atom. The van der Waals surface area contributed by atoms with Crippen molar-refractivity contribution >= 4 is 5.97 Å². The summed E-state index contributed by atoms with van der Waals surface area (Å²) in [6.07, 6.45) is 0. The lowest BCUT2D eigenvalue weighted by Gasteiger charge is -2.22. The van der Waals surface area contributed by atoms with Gasteiger partial charge in [-0.15, -0.1) is 0 Å². The minimum absolute atomic E-state index is 0.304. The molecule has 0 saturated carbocycles. The summed E-state index contributed by atoms with van der Waals surface area (Å²) in [7, 11) is 0. The van der Waals surface area contributed by atoms with E-state index in [1.54, 1.807) is 6.92 Å². The molecular formula is C15H20O3. The quantitative estimate of drug-likeness (QED) is 0.596. The van der Waals surface area contributed by atoms with E-state index in [1.807, 2.05) is 58.0 Å². The molecule has 0 bridgehead atoms. The first kappa shape index (κ1) is 13.1. The molecule has 1 heterocycles. The van der Waals surface area contributed by atoms with Crippen LogP contribution in [0.15, 0.2) is 30.3 Å². The number of esters is 1. The third kappa shape index (κ3) is 2.03. The molecule has 1 aliphatic heterocycles. The zero-order valence-corrected chi connectivity index (χ0v) is 11.6. The van der Waals surface area contributed by atoms with Crippen LogP contribution in [0.5, 0.6) is 0 Å². The van der Waals surface area contributed by atoms with Crippen molar-refractivity contribution in [2.45, 2.75) is 51.4 Å². The van der Waals surface area contributed by atoms with Crippen molar-refractivity contribution in [1.29, 1.82) is 0 Å². The van der Waals surface area contributed by atoms with E-state index in [-0.39, 0.29) is 5.97 Å². The predicted molar refractivity (Wildman–Crippen MR) is 69.1 cm³/mol. The summed E-state index contributed by atoms with van der Waals surface area (Å²) < 4.78 is 11.1. The molecule has 0 amide bonds. The third-order valence-corrected chi connectivity index (χ3v) is 3.39. The van der Waals surface area contributed by atoms with Crippen LogP contribution in [0.2, 0.25) is 0 Å². The van der Waals surface area contributed by atoms with Crippen LogP contribution >= 0.6 is 0 Å². The maximum absolute atomic E-state index is 12.2. The van der Waals surface area contributed by atoms with E-state index in [4.69, 9.17) is 9.47 Å². The molecule has 0 spiro atoms. The molecule has 3 nitrogen and oxygen atoms in total. The second-order valence-electron chi connectivity index (χ2n) is 6.04. The van der Waals surface area contributed by atoms with Gasteiger partial charge in [0.05, 0.1) is 0 Å². The van der Waals surface area contributed by atoms with Crippen LogP contribution in [-0.2, 0) is 19.9 Å². The number of carbonyl (C=O) groups is 1. The van der Waals surface area contributed by atoms with Crippen LogP contribution in [0.4, 0.5) is 0 Å². The van der Waals surface area contributed by atoms with Crippen molar-refractivity contribution in [3.63, 3.8) is 0 Å². The van der Waals surface area contributed by atoms with Crippen molar-refractivity contribution in [1.82, 2.24) is 0 Å². The van der Waals surface area contributed by atoms with Crippen LogP contribution < -0.4 is 0 Å². The average molecular weight is 248 g/mol. The van der Waals surface area contributed by atoms with Crippen LogP contribution in [0.3, 0.4) is 0 Å². The van der Waals surface area contributed by atoms with Crippen LogP contribution in [0.1, 0.15) is 40.2 Å². The smallest absolute Gasteiger partial charge is 0.342 e. The summed E-state index contributed by atoms with van der Waals surface area (Å²) >= 11 is 0. The molecule has 1 saturated heterocycles. The molecule has 2 atom stereocenters. The van der Waals surface area contributed by atoms with E-state index in [2.05, 4.69) is 0 Å². The Balaban J connectivity index is 2.20. The van der Waals surface area contributed by atoms with Gasteiger partial charge in [0.15, 0.2) is 5.60 Å². The monoisotopic (exact) mass is 248 g/mol. The standard InChI is InChI=1S/C15H20O3/c1-13(2,3)17-12(16)15(5)14(4,18-15)11-9-7-6-8-10-11/h6-10H,1-5H3. The Kier molecular flexibility index (Phi) is 2.78. The molecule has 1 aromatic rings. The van der Waals surface area contributed by atoms with Crippen LogP contribution in [0.25, 0.3) is 0 Å². The zero-order chi connectivity index (χ0) is 13.6. The predicted octanol–water partition coefficient (Wildman–Crippen LogP) is 3.03. The summed E-state index contributed by atoms with van der Waals surface area (Å²) in [5.41, 5.74) is -0.972. The number of carbonyl (C=O) groups excluding carboxylic acids is 1. The lowest BCUT2D eigenvalue weighted by atomic mass is 9.89. The van der Waals surface area contributed by atoms with Gasteiger partial charge in [0.25, 0.3) is 0 Å². The third-order valence-electron chi connectivity index (χ3n) is 3.39. The first-order valence-electron chi connectivity index (χ1n) is 6.18. The fraction of sp³-hybridized carbons (Fsp3) is 0.533. The minimum atomic E-state index is -0.887. The van der Waals surface area contributed by atoms with Crippen molar-refractivity contribution < 1.29 is 14.3 Å². The second kappa shape index (κ2) is 3.82. The van der Waals surface area contributed by atoms with Gasteiger partial charge in [-0.25, -0.2) is 4.79 Å². The van der Waals surface area contributed by atoms with Gasteiger partial charge in [0, 0.05) is 0 Å². The van der Waals surface area contributed by atoms with Gasteiger partial charge in [-0.05, 0) is 40.2 Å². The van der Waals surface area contributed by atoms with Crippen molar-refractivity contribution in [3.05, 3.63) is 35.9 Å². The van der Waals surface area contributed by atoms with Gasteiger partial charge in [-0.3, -0.25) is 0 Å². The molecule has 3 heteroatoms. The first-order chi connectivity index (χ1) is 8.19. The second-order valence-corrected chi connectivity index (χ2v) is 6.04. The van der Waals surface area contributed by atoms with Crippen molar-refractivity contribution in [2.75, 3.05) is 0 Å². The van der Waals surface area contributed by atoms with Crippen molar-refractivity contribution in [2.24, 2.45) is 0 Å². The maximum Gasteiger partial charge on any atom is 0.342 e. The summed E-state index contributed by atoms with van der Waals surface area (Å²) in [6.45, 7) is 9.28. The topological polar surface area (TPSA) is 38.8 Å². The fourth-order valence-corrected chi connectivity index (χ4v) is 2.09. The van der Waals surface area contributed by atoms with Gasteiger partial charge in [0.1, 0.15) is 11.2 Å². The largest absolute Gasteiger partial charge is 0.458 e. The molecule has 2 rings (SSSR count). The number of hydrogen-bond donors (Lipinski definition) is 0. The van der Waals surface area contributed by atoms with E-state index in [0.717, 1.165) is 5.56 Å². The van der Waals surface area contributed by atoms with E-state index in [0.29, 0.717) is 0 Å². The van der Waals surface area contributed by atoms with Crippen LogP contribution in [-0.4, -0.2) is 17.2 Å². The summed E-state index contributed by atoms with van der Waals surface area (Å²) in [5, 5.41) is 0. The Morgan fingerprint density at radius 1 is 1.17 bits per heavy atom. The lowest BCUT2D eigenvalue weighted by molar-refractivity contribution is -0.160. The number of benzene rings is 1. The summed E-state index contributed by atoms with van der Waals surface area (Å²) in [6, 6.07) is 9.76. The van der Waals surface area contributed by atoms with Gasteiger partial charge in [0.2, 0.25) is 0 Å². The number of epoxide rings is 1. The van der Waals surface area contributed by atoms with Gasteiger partial charge < -0.3 is 9.47 Å². The Morgan fingerprint density at radius 2 is 1.72 bits per heavy atom. The number of ether oxygens (including phenoxy) is 2. The molecule has 18 heavy (non-hydrogen) atoms. The highest BCUT2D eigenvalue weighted by Gasteiger charge is 2.71. The van der Waals surface area contributed by atoms with E-state index in [9.17, 15) is 4.79 Å². The van der Waals surface area contributed by atoms with E-state index >= 15 is 0 Å². The molecule has 0 N–H and O–H groups in total. The molecule has 0 aliphatic carbocycles. The first-order valence-corrected chi connectivity index (χ1v) is 6.18. The zero-order valence-electron chi connectivity index (χ0n) is 11.6. The molecule has 1 aromatic carbocycles. The molecular weight excluding hydrogens is 228 g/mol. The normalized spacial score (nSPS) is 30.9. The molecule has 2 unspecified atom stereocenters. The molecule has 98 valence electrons. The number of rotatable bonds is 2. The average Bonchev–Trinajstić information content (AvgIpc) is 2.84. The van der Waals surface area contributed by atoms with E-state index < -0.39 is 16.8 Å². The highest BCUT2D eigenvalue weighted by atomic mass is 16.7.